The van der Waals surface area contributed by atoms with Crippen LogP contribution in [-0.4, -0.2) is 47.9 Å². The Labute approximate surface area is 206 Å². The Morgan fingerprint density at radius 3 is 2.37 bits per heavy atom. The van der Waals surface area contributed by atoms with Gasteiger partial charge in [-0.25, -0.2) is 17.2 Å². The highest BCUT2D eigenvalue weighted by atomic mass is 32.2. The van der Waals surface area contributed by atoms with E-state index < -0.39 is 21.7 Å². The van der Waals surface area contributed by atoms with Crippen LogP contribution in [0.15, 0.2) is 53.6 Å². The number of hydrogen-bond donors (Lipinski definition) is 0. The van der Waals surface area contributed by atoms with Gasteiger partial charge in [-0.1, -0.05) is 29.8 Å². The Morgan fingerprint density at radius 2 is 1.77 bits per heavy atom. The van der Waals surface area contributed by atoms with Crippen molar-refractivity contribution in [3.05, 3.63) is 65.4 Å². The van der Waals surface area contributed by atoms with E-state index in [1.54, 1.807) is 48.5 Å². The van der Waals surface area contributed by atoms with Crippen molar-refractivity contribution in [1.82, 2.24) is 8.87 Å². The molecule has 1 aliphatic carbocycles. The van der Waals surface area contributed by atoms with E-state index in [4.69, 9.17) is 4.74 Å². The molecule has 1 amide bonds. The van der Waals surface area contributed by atoms with Gasteiger partial charge in [-0.2, -0.15) is 0 Å². The summed E-state index contributed by atoms with van der Waals surface area (Å²) in [5, 5.41) is 0.836. The molecule has 186 valence electrons. The zero-order valence-corrected chi connectivity index (χ0v) is 21.8. The zero-order valence-electron chi connectivity index (χ0n) is 21.0. The van der Waals surface area contributed by atoms with E-state index in [1.807, 2.05) is 39.8 Å². The molecule has 8 heteroatoms. The van der Waals surface area contributed by atoms with E-state index >= 15 is 0 Å². The normalized spacial score (nSPS) is 17.9. The van der Waals surface area contributed by atoms with Crippen molar-refractivity contribution in [2.24, 2.45) is 0 Å². The molecule has 2 atom stereocenters. The molecular weight excluding hydrogens is 464 g/mol. The Hall–Kier alpha value is -3.13. The molecule has 0 aliphatic heterocycles. The number of aryl methyl sites for hydroxylation is 1. The number of rotatable bonds is 5. The predicted molar refractivity (Wildman–Crippen MR) is 135 cm³/mol. The minimum Gasteiger partial charge on any atom is -0.444 e. The van der Waals surface area contributed by atoms with Crippen LogP contribution in [0.2, 0.25) is 0 Å². The molecule has 35 heavy (non-hydrogen) atoms. The minimum absolute atomic E-state index is 0.00440. The monoisotopic (exact) mass is 496 g/mol. The number of aromatic nitrogens is 1. The molecule has 1 heterocycles. The molecule has 4 rings (SSSR count). The fraction of sp³-hybridized carbons (Fsp3) is 0.407. The summed E-state index contributed by atoms with van der Waals surface area (Å²) < 4.78 is 34.1. The molecular formula is C27H32N2O5S. The lowest BCUT2D eigenvalue weighted by atomic mass is 9.77. The van der Waals surface area contributed by atoms with Crippen molar-refractivity contribution in [2.45, 2.75) is 69.9 Å². The van der Waals surface area contributed by atoms with Crippen LogP contribution in [0.4, 0.5) is 4.79 Å². The van der Waals surface area contributed by atoms with Crippen molar-refractivity contribution in [3.8, 4) is 0 Å². The topological polar surface area (TPSA) is 85.7 Å². The second-order valence-corrected chi connectivity index (χ2v) is 12.2. The van der Waals surface area contributed by atoms with Gasteiger partial charge in [0.15, 0.2) is 0 Å². The van der Waals surface area contributed by atoms with Crippen molar-refractivity contribution < 1.29 is 22.7 Å². The fourth-order valence-corrected chi connectivity index (χ4v) is 6.24. The quantitative estimate of drug-likeness (QED) is 0.494. The van der Waals surface area contributed by atoms with Gasteiger partial charge in [-0.3, -0.25) is 0 Å². The summed E-state index contributed by atoms with van der Waals surface area (Å²) in [5.41, 5.74) is 2.59. The lowest BCUT2D eigenvalue weighted by Crippen LogP contribution is -2.46. The van der Waals surface area contributed by atoms with E-state index in [0.717, 1.165) is 22.1 Å². The first-order chi connectivity index (χ1) is 16.3. The molecule has 1 aromatic heterocycles. The van der Waals surface area contributed by atoms with Gasteiger partial charge in [0, 0.05) is 37.0 Å². The summed E-state index contributed by atoms with van der Waals surface area (Å²) in [6.45, 7) is 8.86. The molecule has 0 radical (unpaired) electrons. The summed E-state index contributed by atoms with van der Waals surface area (Å²) in [6.07, 6.45) is 1.84. The van der Waals surface area contributed by atoms with Crippen LogP contribution < -0.4 is 0 Å². The van der Waals surface area contributed by atoms with Crippen LogP contribution in [0.25, 0.3) is 10.9 Å². The van der Waals surface area contributed by atoms with Gasteiger partial charge >= 0.3 is 6.09 Å². The summed E-state index contributed by atoms with van der Waals surface area (Å²) in [6, 6.07) is 11.9. The maximum Gasteiger partial charge on any atom is 0.410 e. The van der Waals surface area contributed by atoms with Gasteiger partial charge in [0.1, 0.15) is 11.4 Å². The number of benzene rings is 2. The Balaban J connectivity index is 1.84. The molecule has 3 aromatic rings. The maximum absolute atomic E-state index is 13.6. The summed E-state index contributed by atoms with van der Waals surface area (Å²) in [5.74, 6) is -0.274. The third-order valence-corrected chi connectivity index (χ3v) is 8.15. The van der Waals surface area contributed by atoms with Crippen LogP contribution in [0.1, 0.15) is 56.7 Å². The SMILES string of the molecule is CC(=O)C[C@H]1c2cccc3c2c(cn3S(=O)(=O)c2ccc(C)cc2)C[C@H]1N(C)C(=O)OC(C)(C)C. The van der Waals surface area contributed by atoms with Gasteiger partial charge in [-0.15, -0.1) is 0 Å². The first-order valence-electron chi connectivity index (χ1n) is 11.7. The zero-order chi connectivity index (χ0) is 25.7. The smallest absolute Gasteiger partial charge is 0.410 e. The number of hydrogen-bond acceptors (Lipinski definition) is 5. The summed E-state index contributed by atoms with van der Waals surface area (Å²) in [7, 11) is -2.16. The van der Waals surface area contributed by atoms with Gasteiger partial charge in [-0.05, 0) is 70.4 Å². The number of nitrogens with zero attached hydrogens (tertiary/aromatic N) is 2. The molecule has 0 saturated heterocycles. The maximum atomic E-state index is 13.6. The Kier molecular flexibility index (Phi) is 6.30. The molecule has 0 unspecified atom stereocenters. The van der Waals surface area contributed by atoms with Crippen LogP contribution in [0.5, 0.6) is 0 Å². The average molecular weight is 497 g/mol. The number of carbonyl (C=O) groups excluding carboxylic acids is 2. The Morgan fingerprint density at radius 1 is 1.11 bits per heavy atom. The van der Waals surface area contributed by atoms with Crippen molar-refractivity contribution in [3.63, 3.8) is 0 Å². The molecule has 0 spiro atoms. The molecule has 1 aliphatic rings. The second-order valence-electron chi connectivity index (χ2n) is 10.4. The van der Waals surface area contributed by atoms with Crippen molar-refractivity contribution in [2.75, 3.05) is 7.05 Å². The van der Waals surface area contributed by atoms with E-state index in [1.165, 1.54) is 10.9 Å². The first-order valence-corrected chi connectivity index (χ1v) is 13.1. The Bertz CT molecular complexity index is 1400. The van der Waals surface area contributed by atoms with E-state index in [9.17, 15) is 18.0 Å². The van der Waals surface area contributed by atoms with E-state index in [0.29, 0.717) is 11.9 Å². The van der Waals surface area contributed by atoms with Gasteiger partial charge in [0.05, 0.1) is 10.4 Å². The lowest BCUT2D eigenvalue weighted by molar-refractivity contribution is -0.117. The second kappa shape index (κ2) is 8.82. The van der Waals surface area contributed by atoms with Gasteiger partial charge < -0.3 is 14.4 Å². The highest BCUT2D eigenvalue weighted by molar-refractivity contribution is 7.90. The largest absolute Gasteiger partial charge is 0.444 e. The summed E-state index contributed by atoms with van der Waals surface area (Å²) in [4.78, 5) is 26.9. The fourth-order valence-electron chi connectivity index (χ4n) is 4.86. The molecule has 7 nitrogen and oxygen atoms in total. The van der Waals surface area contributed by atoms with E-state index in [-0.39, 0.29) is 29.1 Å². The number of ether oxygens (including phenoxy) is 1. The number of carbonyl (C=O) groups is 2. The number of likely N-dealkylation sites (N-methyl/N-ethyl adjacent to an activating group) is 1. The minimum atomic E-state index is -3.83. The third-order valence-electron chi connectivity index (χ3n) is 6.46. The van der Waals surface area contributed by atoms with Crippen molar-refractivity contribution in [1.29, 1.82) is 0 Å². The van der Waals surface area contributed by atoms with Crippen LogP contribution in [0, 0.1) is 6.92 Å². The predicted octanol–water partition coefficient (Wildman–Crippen LogP) is 5.04. The van der Waals surface area contributed by atoms with Crippen LogP contribution in [0.3, 0.4) is 0 Å². The average Bonchev–Trinajstić information content (AvgIpc) is 3.14. The van der Waals surface area contributed by atoms with Gasteiger partial charge in [0.2, 0.25) is 0 Å². The standard InChI is InChI=1S/C27H32N2O5S/c1-17-10-12-20(13-11-17)35(32,33)29-16-19-15-24(28(6)26(31)34-27(3,4)5)22(14-18(2)30)21-8-7-9-23(29)25(19)21/h7-13,16,22,24H,14-15H2,1-6H3/t22-,24+/m0/s1. The highest BCUT2D eigenvalue weighted by Gasteiger charge is 2.39. The van der Waals surface area contributed by atoms with Gasteiger partial charge in [0.25, 0.3) is 10.0 Å². The first kappa shape index (κ1) is 25.0. The van der Waals surface area contributed by atoms with Crippen molar-refractivity contribution >= 4 is 32.8 Å². The highest BCUT2D eigenvalue weighted by Crippen LogP contribution is 2.42. The lowest BCUT2D eigenvalue weighted by Gasteiger charge is -2.38. The van der Waals surface area contributed by atoms with Crippen LogP contribution in [-0.2, 0) is 26.0 Å². The third kappa shape index (κ3) is 4.72. The molecule has 2 aromatic carbocycles. The van der Waals surface area contributed by atoms with Crippen LogP contribution >= 0.6 is 0 Å². The number of amides is 1. The number of ketones is 1. The molecule has 0 fully saturated rings. The molecule has 0 saturated carbocycles. The molecule has 0 bridgehead atoms. The number of Topliss-reactive ketones (excluding diaryl/α,β-unsaturated/α-hetero) is 1. The van der Waals surface area contributed by atoms with E-state index in [2.05, 4.69) is 0 Å². The molecule has 0 N–H and O–H groups in total. The summed E-state index contributed by atoms with van der Waals surface area (Å²) >= 11 is 0.